The van der Waals surface area contributed by atoms with Gasteiger partial charge in [-0.1, -0.05) is 0 Å². The van der Waals surface area contributed by atoms with Gasteiger partial charge in [0.05, 0.1) is 17.3 Å². The zero-order valence-electron chi connectivity index (χ0n) is 21.0. The maximum atomic E-state index is 14.2. The molecule has 1 aromatic carbocycles. The minimum atomic E-state index is -4.75. The third kappa shape index (κ3) is 5.95. The highest BCUT2D eigenvalue weighted by Crippen LogP contribution is 2.39. The number of carbonyl (C=O) groups excluding carboxylic acids is 1. The number of benzene rings is 1. The zero-order valence-corrected chi connectivity index (χ0v) is 21.0. The van der Waals surface area contributed by atoms with Crippen LogP contribution in [0.4, 0.5) is 32.4 Å². The molecule has 2 atom stereocenters. The van der Waals surface area contributed by atoms with Crippen molar-refractivity contribution in [1.29, 1.82) is 5.26 Å². The maximum Gasteiger partial charge on any atom is 0.408 e. The van der Waals surface area contributed by atoms with Crippen molar-refractivity contribution in [2.45, 2.75) is 57.9 Å². The average Bonchev–Trinajstić information content (AvgIpc) is 3.24. The second kappa shape index (κ2) is 10.4. The number of halogens is 5. The van der Waals surface area contributed by atoms with Crippen molar-refractivity contribution in [3.05, 3.63) is 47.3 Å². The van der Waals surface area contributed by atoms with Gasteiger partial charge in [0.15, 0.2) is 0 Å². The van der Waals surface area contributed by atoms with Gasteiger partial charge in [0, 0.05) is 36.5 Å². The molecule has 8 nitrogen and oxygen atoms in total. The molecule has 2 heterocycles. The van der Waals surface area contributed by atoms with Crippen LogP contribution in [0.15, 0.2) is 24.4 Å². The summed E-state index contributed by atoms with van der Waals surface area (Å²) in [6.45, 7) is 5.97. The number of carbonyl (C=O) groups is 2. The summed E-state index contributed by atoms with van der Waals surface area (Å²) in [7, 11) is 0. The van der Waals surface area contributed by atoms with Gasteiger partial charge < -0.3 is 15.3 Å². The Kier molecular flexibility index (Phi) is 7.86. The monoisotopic (exact) mass is 539 g/mol. The number of hydrogen-bond acceptors (Lipinski definition) is 5. The normalized spacial score (nSPS) is 16.6. The highest BCUT2D eigenvalue weighted by atomic mass is 19.4. The summed E-state index contributed by atoms with van der Waals surface area (Å²) in [5.74, 6) is -3.15. The van der Waals surface area contributed by atoms with E-state index in [1.54, 1.807) is 26.8 Å². The number of nitrogens with one attached hydrogen (secondary N) is 1. The van der Waals surface area contributed by atoms with E-state index in [2.05, 4.69) is 4.98 Å². The topological polar surface area (TPSA) is 110 Å². The summed E-state index contributed by atoms with van der Waals surface area (Å²) in [6, 6.07) is 1.41. The number of pyridine rings is 1. The van der Waals surface area contributed by atoms with Crippen molar-refractivity contribution >= 4 is 17.7 Å². The van der Waals surface area contributed by atoms with Gasteiger partial charge in [-0.05, 0) is 51.8 Å². The SMILES string of the molecule is C[C@H](NC(=O)c1cnc(C#N)c(-c2cc(F)cc(F)c2)c1N1CCC(N(C(=O)O)C(C)(C)C)C1)C(F)(F)F. The Morgan fingerprint density at radius 2 is 1.82 bits per heavy atom. The van der Waals surface area contributed by atoms with Crippen molar-refractivity contribution in [3.8, 4) is 17.2 Å². The largest absolute Gasteiger partial charge is 0.465 e. The molecule has 0 spiro atoms. The molecule has 204 valence electrons. The lowest BCUT2D eigenvalue weighted by Gasteiger charge is -2.38. The van der Waals surface area contributed by atoms with Crippen LogP contribution in [0.25, 0.3) is 11.1 Å². The molecule has 38 heavy (non-hydrogen) atoms. The van der Waals surface area contributed by atoms with Crippen molar-refractivity contribution in [2.75, 3.05) is 18.0 Å². The third-order valence-electron chi connectivity index (χ3n) is 6.17. The summed E-state index contributed by atoms with van der Waals surface area (Å²) >= 11 is 0. The lowest BCUT2D eigenvalue weighted by atomic mass is 9.97. The van der Waals surface area contributed by atoms with Crippen LogP contribution in [0, 0.1) is 23.0 Å². The van der Waals surface area contributed by atoms with Gasteiger partial charge in [-0.15, -0.1) is 0 Å². The molecule has 13 heteroatoms. The summed E-state index contributed by atoms with van der Waals surface area (Å²) in [5.41, 5.74) is -1.88. The summed E-state index contributed by atoms with van der Waals surface area (Å²) in [5, 5.41) is 21.4. The Hall–Kier alpha value is -3.95. The molecule has 0 aliphatic carbocycles. The van der Waals surface area contributed by atoms with Crippen LogP contribution in [0.5, 0.6) is 0 Å². The summed E-state index contributed by atoms with van der Waals surface area (Å²) in [6.07, 6.45) is -4.73. The molecule has 1 aliphatic heterocycles. The molecular weight excluding hydrogens is 513 g/mol. The minimum Gasteiger partial charge on any atom is -0.465 e. The van der Waals surface area contributed by atoms with E-state index >= 15 is 0 Å². The molecule has 2 N–H and O–H groups in total. The number of anilines is 1. The third-order valence-corrected chi connectivity index (χ3v) is 6.17. The van der Waals surface area contributed by atoms with Gasteiger partial charge in [0.2, 0.25) is 0 Å². The number of amides is 2. The van der Waals surface area contributed by atoms with Crippen LogP contribution >= 0.6 is 0 Å². The van der Waals surface area contributed by atoms with E-state index in [1.165, 1.54) is 9.80 Å². The Morgan fingerprint density at radius 3 is 2.32 bits per heavy atom. The van der Waals surface area contributed by atoms with E-state index in [9.17, 15) is 41.9 Å². The fraction of sp³-hybridized carbons (Fsp3) is 0.440. The number of nitriles is 1. The molecule has 0 radical (unpaired) electrons. The number of carboxylic acid groups (broad SMARTS) is 1. The van der Waals surface area contributed by atoms with Crippen LogP contribution < -0.4 is 10.2 Å². The van der Waals surface area contributed by atoms with Gasteiger partial charge in [0.25, 0.3) is 5.91 Å². The standard InChI is InChI=1S/C25H26F5N5O3/c1-13(25(28,29)30)33-22(36)18-11-32-19(10-31)20(14-7-15(26)9-16(27)8-14)21(18)34-6-5-17(12-34)35(23(37)38)24(2,3)4/h7-9,11,13,17H,5-6,12H2,1-4H3,(H,33,36)(H,37,38)/t13-,17?/m0/s1. The van der Waals surface area contributed by atoms with E-state index in [4.69, 9.17) is 0 Å². The Morgan fingerprint density at radius 1 is 1.21 bits per heavy atom. The second-order valence-corrected chi connectivity index (χ2v) is 9.96. The fourth-order valence-corrected chi connectivity index (χ4v) is 4.56. The molecule has 1 unspecified atom stereocenters. The quantitative estimate of drug-likeness (QED) is 0.522. The number of nitrogens with zero attached hydrogens (tertiary/aromatic N) is 4. The number of rotatable bonds is 5. The van der Waals surface area contributed by atoms with Crippen LogP contribution in [0.3, 0.4) is 0 Å². The first-order valence-electron chi connectivity index (χ1n) is 11.6. The lowest BCUT2D eigenvalue weighted by molar-refractivity contribution is -0.149. The molecule has 1 saturated heterocycles. The van der Waals surface area contributed by atoms with Gasteiger partial charge in [0.1, 0.15) is 29.4 Å². The number of aromatic nitrogens is 1. The predicted octanol–water partition coefficient (Wildman–Crippen LogP) is 4.94. The predicted molar refractivity (Wildman–Crippen MR) is 128 cm³/mol. The highest BCUT2D eigenvalue weighted by molar-refractivity contribution is 6.04. The van der Waals surface area contributed by atoms with Crippen LogP contribution in [-0.4, -0.2) is 63.9 Å². The highest BCUT2D eigenvalue weighted by Gasteiger charge is 2.41. The number of alkyl halides is 3. The van der Waals surface area contributed by atoms with E-state index < -0.39 is 47.4 Å². The molecule has 0 bridgehead atoms. The molecule has 0 saturated carbocycles. The van der Waals surface area contributed by atoms with Gasteiger partial charge >= 0.3 is 12.3 Å². The van der Waals surface area contributed by atoms with E-state index in [0.29, 0.717) is 6.07 Å². The molecule has 2 amide bonds. The van der Waals surface area contributed by atoms with Crippen molar-refractivity contribution in [2.24, 2.45) is 0 Å². The Bertz CT molecular complexity index is 1270. The van der Waals surface area contributed by atoms with Gasteiger partial charge in [-0.2, -0.15) is 18.4 Å². The van der Waals surface area contributed by atoms with E-state index in [-0.39, 0.29) is 47.6 Å². The molecule has 2 aromatic rings. The van der Waals surface area contributed by atoms with Gasteiger partial charge in [-0.25, -0.2) is 18.6 Å². The first-order chi connectivity index (χ1) is 17.5. The molecule has 1 aliphatic rings. The average molecular weight is 540 g/mol. The summed E-state index contributed by atoms with van der Waals surface area (Å²) in [4.78, 5) is 31.8. The van der Waals surface area contributed by atoms with Crippen LogP contribution in [-0.2, 0) is 0 Å². The fourth-order valence-electron chi connectivity index (χ4n) is 4.56. The number of hydrogen-bond donors (Lipinski definition) is 2. The van der Waals surface area contributed by atoms with Crippen molar-refractivity contribution in [3.63, 3.8) is 0 Å². The van der Waals surface area contributed by atoms with Crippen molar-refractivity contribution < 1.29 is 36.6 Å². The first kappa shape index (κ1) is 28.6. The molecule has 1 fully saturated rings. The van der Waals surface area contributed by atoms with Crippen LogP contribution in [0.2, 0.25) is 0 Å². The first-order valence-corrected chi connectivity index (χ1v) is 11.6. The van der Waals surface area contributed by atoms with Crippen LogP contribution in [0.1, 0.15) is 50.2 Å². The smallest absolute Gasteiger partial charge is 0.408 e. The lowest BCUT2D eigenvalue weighted by Crippen LogP contribution is -2.52. The molecular formula is C25H26F5N5O3. The molecule has 1 aromatic heterocycles. The Balaban J connectivity index is 2.22. The van der Waals surface area contributed by atoms with Gasteiger partial charge in [-0.3, -0.25) is 9.69 Å². The van der Waals surface area contributed by atoms with E-state index in [1.807, 2.05) is 5.32 Å². The Labute approximate surface area is 215 Å². The summed E-state index contributed by atoms with van der Waals surface area (Å²) < 4.78 is 67.9. The maximum absolute atomic E-state index is 14.2. The van der Waals surface area contributed by atoms with E-state index in [0.717, 1.165) is 25.3 Å². The van der Waals surface area contributed by atoms with Crippen molar-refractivity contribution in [1.82, 2.24) is 15.2 Å². The minimum absolute atomic E-state index is 0.00163. The zero-order chi connectivity index (χ0) is 28.6. The molecule has 3 rings (SSSR count). The second-order valence-electron chi connectivity index (χ2n) is 9.96.